The van der Waals surface area contributed by atoms with Gasteiger partial charge in [-0.15, -0.1) is 0 Å². The van der Waals surface area contributed by atoms with Crippen LogP contribution in [-0.2, 0) is 10.0 Å². The van der Waals surface area contributed by atoms with Gasteiger partial charge in [-0.1, -0.05) is 13.3 Å². The fraction of sp³-hybridized carbons (Fsp3) is 1.00. The van der Waals surface area contributed by atoms with Gasteiger partial charge in [0.1, 0.15) is 0 Å². The first-order chi connectivity index (χ1) is 6.38. The molecule has 0 saturated heterocycles. The van der Waals surface area contributed by atoms with Crippen molar-refractivity contribution in [1.82, 2.24) is 4.90 Å². The predicted octanol–water partition coefficient (Wildman–Crippen LogP) is 0.785. The number of nitrogens with zero attached hydrogens (tertiary/aromatic N) is 1. The second-order valence-corrected chi connectivity index (χ2v) is 5.79. The molecule has 0 aliphatic heterocycles. The van der Waals surface area contributed by atoms with Gasteiger partial charge in [-0.05, 0) is 39.9 Å². The highest BCUT2D eigenvalue weighted by atomic mass is 32.2. The quantitative estimate of drug-likeness (QED) is 0.692. The normalized spacial score (nSPS) is 14.6. The summed E-state index contributed by atoms with van der Waals surface area (Å²) in [6.07, 6.45) is 3.09. The molecule has 2 N–H and O–H groups in total. The Balaban J connectivity index is 3.99. The predicted molar refractivity (Wildman–Crippen MR) is 59.6 cm³/mol. The van der Waals surface area contributed by atoms with E-state index in [4.69, 9.17) is 5.14 Å². The Morgan fingerprint density at radius 1 is 1.29 bits per heavy atom. The monoisotopic (exact) mass is 222 g/mol. The maximum atomic E-state index is 11.2. The first kappa shape index (κ1) is 13.9. The summed E-state index contributed by atoms with van der Waals surface area (Å²) in [5, 5.41) is 4.79. The third-order valence-electron chi connectivity index (χ3n) is 2.21. The molecule has 0 spiro atoms. The fourth-order valence-electron chi connectivity index (χ4n) is 1.43. The van der Waals surface area contributed by atoms with E-state index >= 15 is 0 Å². The van der Waals surface area contributed by atoms with Crippen LogP contribution in [0.2, 0.25) is 0 Å². The van der Waals surface area contributed by atoms with Gasteiger partial charge in [-0.25, -0.2) is 13.6 Å². The summed E-state index contributed by atoms with van der Waals surface area (Å²) < 4.78 is 22.3. The highest BCUT2D eigenvalue weighted by Gasteiger charge is 2.19. The molecule has 0 bridgehead atoms. The molecule has 0 aromatic heterocycles. The van der Waals surface area contributed by atoms with E-state index in [-0.39, 0.29) is 5.25 Å². The first-order valence-corrected chi connectivity index (χ1v) is 6.65. The van der Waals surface area contributed by atoms with Crippen LogP contribution in [0.15, 0.2) is 0 Å². The molecule has 0 fully saturated rings. The summed E-state index contributed by atoms with van der Waals surface area (Å²) in [7, 11) is 0.612. The molecule has 0 aliphatic carbocycles. The minimum atomic E-state index is -3.34. The van der Waals surface area contributed by atoms with Gasteiger partial charge in [-0.2, -0.15) is 0 Å². The van der Waals surface area contributed by atoms with Gasteiger partial charge >= 0.3 is 0 Å². The van der Waals surface area contributed by atoms with Crippen LogP contribution in [0, 0.1) is 0 Å². The van der Waals surface area contributed by atoms with Crippen molar-refractivity contribution in [3.63, 3.8) is 0 Å². The van der Waals surface area contributed by atoms with E-state index in [0.717, 1.165) is 19.4 Å². The Hall–Kier alpha value is -0.130. The zero-order valence-corrected chi connectivity index (χ0v) is 10.2. The summed E-state index contributed by atoms with van der Waals surface area (Å²) in [5.74, 6) is 0. The van der Waals surface area contributed by atoms with Crippen LogP contribution in [0.3, 0.4) is 0 Å². The van der Waals surface area contributed by atoms with Gasteiger partial charge in [0.05, 0.1) is 5.25 Å². The summed E-state index contributed by atoms with van der Waals surface area (Å²) in [6.45, 7) is 2.89. The van der Waals surface area contributed by atoms with Crippen molar-refractivity contribution in [3.8, 4) is 0 Å². The summed E-state index contributed by atoms with van der Waals surface area (Å²) in [4.78, 5) is 2.05. The molecule has 0 aliphatic rings. The van der Waals surface area contributed by atoms with E-state index in [1.54, 1.807) is 0 Å². The number of hydrogen-bond acceptors (Lipinski definition) is 3. The zero-order chi connectivity index (χ0) is 11.2. The molecule has 0 heterocycles. The Morgan fingerprint density at radius 3 is 2.21 bits per heavy atom. The van der Waals surface area contributed by atoms with Gasteiger partial charge < -0.3 is 4.90 Å². The number of rotatable bonds is 7. The van der Waals surface area contributed by atoms with Crippen molar-refractivity contribution >= 4 is 10.0 Å². The van der Waals surface area contributed by atoms with Crippen molar-refractivity contribution in [1.29, 1.82) is 0 Å². The zero-order valence-electron chi connectivity index (χ0n) is 9.36. The molecule has 0 saturated carbocycles. The first-order valence-electron chi connectivity index (χ1n) is 5.04. The molecular formula is C9H22N2O2S. The Labute approximate surface area is 87.5 Å². The maximum Gasteiger partial charge on any atom is 0.211 e. The largest absolute Gasteiger partial charge is 0.309 e. The van der Waals surface area contributed by atoms with Gasteiger partial charge in [-0.3, -0.25) is 0 Å². The Bertz CT molecular complexity index is 237. The maximum absolute atomic E-state index is 11.2. The van der Waals surface area contributed by atoms with Crippen LogP contribution < -0.4 is 5.14 Å². The smallest absolute Gasteiger partial charge is 0.211 e. The van der Waals surface area contributed by atoms with Crippen molar-refractivity contribution in [2.75, 3.05) is 20.6 Å². The van der Waals surface area contributed by atoms with Crippen LogP contribution in [0.25, 0.3) is 0 Å². The van der Waals surface area contributed by atoms with E-state index in [2.05, 4.69) is 0 Å². The summed E-state index contributed by atoms with van der Waals surface area (Å²) >= 11 is 0. The molecule has 14 heavy (non-hydrogen) atoms. The van der Waals surface area contributed by atoms with Crippen LogP contribution in [0.4, 0.5) is 0 Å². The molecule has 1 unspecified atom stereocenters. The number of nitrogens with two attached hydrogens (primary N) is 1. The molecule has 0 aromatic rings. The Kier molecular flexibility index (Phi) is 6.31. The van der Waals surface area contributed by atoms with Gasteiger partial charge in [0.15, 0.2) is 0 Å². The fourth-order valence-corrected chi connectivity index (χ4v) is 2.49. The summed E-state index contributed by atoms with van der Waals surface area (Å²) in [5.41, 5.74) is 0. The number of hydrogen-bond donors (Lipinski definition) is 1. The number of sulfonamides is 1. The highest BCUT2D eigenvalue weighted by molar-refractivity contribution is 7.89. The molecule has 0 aromatic carbocycles. The average Bonchev–Trinajstić information content (AvgIpc) is 2.00. The van der Waals surface area contributed by atoms with Gasteiger partial charge in [0.25, 0.3) is 0 Å². The molecule has 0 radical (unpaired) electrons. The lowest BCUT2D eigenvalue weighted by atomic mass is 10.1. The van der Waals surface area contributed by atoms with Crippen LogP contribution >= 0.6 is 0 Å². The second-order valence-electron chi connectivity index (χ2n) is 3.95. The van der Waals surface area contributed by atoms with E-state index in [9.17, 15) is 8.42 Å². The lowest BCUT2D eigenvalue weighted by molar-refractivity contribution is 0.389. The van der Waals surface area contributed by atoms with E-state index in [1.807, 2.05) is 25.9 Å². The van der Waals surface area contributed by atoms with Crippen molar-refractivity contribution in [2.24, 2.45) is 5.14 Å². The lowest BCUT2D eigenvalue weighted by Crippen LogP contribution is -2.29. The minimum Gasteiger partial charge on any atom is -0.309 e. The Morgan fingerprint density at radius 2 is 1.86 bits per heavy atom. The van der Waals surface area contributed by atoms with E-state index < -0.39 is 10.0 Å². The lowest BCUT2D eigenvalue weighted by Gasteiger charge is -2.15. The SMILES string of the molecule is CCCC(CCCN(C)C)S(N)(=O)=O. The summed E-state index contributed by atoms with van der Waals surface area (Å²) in [6, 6.07) is 0. The molecule has 4 nitrogen and oxygen atoms in total. The number of primary sulfonamides is 1. The molecule has 1 atom stereocenters. The van der Waals surface area contributed by atoms with Crippen molar-refractivity contribution in [3.05, 3.63) is 0 Å². The molecule has 5 heteroatoms. The third kappa shape index (κ3) is 6.34. The van der Waals surface area contributed by atoms with Gasteiger partial charge in [0.2, 0.25) is 10.0 Å². The standard InChI is InChI=1S/C9H22N2O2S/c1-4-6-9(14(10,12)13)7-5-8-11(2)3/h9H,4-8H2,1-3H3,(H2,10,12,13). The van der Waals surface area contributed by atoms with E-state index in [0.29, 0.717) is 12.8 Å². The molecule has 0 amide bonds. The topological polar surface area (TPSA) is 63.4 Å². The minimum absolute atomic E-state index is 0.354. The average molecular weight is 222 g/mol. The molecule has 0 rings (SSSR count). The van der Waals surface area contributed by atoms with Crippen LogP contribution in [-0.4, -0.2) is 39.2 Å². The highest BCUT2D eigenvalue weighted by Crippen LogP contribution is 2.12. The third-order valence-corrected chi connectivity index (χ3v) is 3.61. The van der Waals surface area contributed by atoms with Gasteiger partial charge in [0, 0.05) is 0 Å². The van der Waals surface area contributed by atoms with Crippen LogP contribution in [0.1, 0.15) is 32.6 Å². The van der Waals surface area contributed by atoms with Crippen molar-refractivity contribution in [2.45, 2.75) is 37.9 Å². The van der Waals surface area contributed by atoms with Crippen molar-refractivity contribution < 1.29 is 8.42 Å². The van der Waals surface area contributed by atoms with Crippen LogP contribution in [0.5, 0.6) is 0 Å². The second kappa shape index (κ2) is 6.37. The molecular weight excluding hydrogens is 200 g/mol. The van der Waals surface area contributed by atoms with E-state index in [1.165, 1.54) is 0 Å². The molecule has 86 valence electrons.